The fourth-order valence-corrected chi connectivity index (χ4v) is 4.54. The van der Waals surface area contributed by atoms with E-state index in [1.807, 2.05) is 6.20 Å². The number of sulfonamides is 1. The molecule has 0 bridgehead atoms. The van der Waals surface area contributed by atoms with Crippen LogP contribution in [0.15, 0.2) is 6.20 Å². The van der Waals surface area contributed by atoms with Crippen LogP contribution >= 0.6 is 0 Å². The Bertz CT molecular complexity index is 882. The first-order chi connectivity index (χ1) is 12.1. The van der Waals surface area contributed by atoms with Crippen molar-refractivity contribution in [3.63, 3.8) is 0 Å². The summed E-state index contributed by atoms with van der Waals surface area (Å²) in [6.07, 6.45) is 8.71. The molecule has 0 atom stereocenters. The molecule has 1 aromatic rings. The molecule has 0 aliphatic heterocycles. The Morgan fingerprint density at radius 3 is 2.37 bits per heavy atom. The van der Waals surface area contributed by atoms with Crippen LogP contribution in [0.1, 0.15) is 56.4 Å². The minimum Gasteiger partial charge on any atom is -0.748 e. The molecule has 1 N–H and O–H groups in total. The average Bonchev–Trinajstić information content (AvgIpc) is 2.87. The van der Waals surface area contributed by atoms with Crippen LogP contribution in [0, 0.1) is 6.57 Å². The zero-order chi connectivity index (χ0) is 19.4. The summed E-state index contributed by atoms with van der Waals surface area (Å²) in [5.74, 6) is 0.0122. The fourth-order valence-electron chi connectivity index (χ4n) is 3.42. The smallest absolute Gasteiger partial charge is 0.748 e. The molecular formula is C16H24N3NaO5S2. The molecule has 0 amide bonds. The van der Waals surface area contributed by atoms with E-state index in [0.717, 1.165) is 37.5 Å². The molecule has 0 unspecified atom stereocenters. The molecule has 8 nitrogen and oxygen atoms in total. The summed E-state index contributed by atoms with van der Waals surface area (Å²) in [4.78, 5) is 3.57. The fraction of sp³-hybridized carbons (Fsp3) is 0.688. The number of hydrogen-bond donors (Lipinski definition) is 1. The van der Waals surface area contributed by atoms with Gasteiger partial charge in [0.25, 0.3) is 0 Å². The summed E-state index contributed by atoms with van der Waals surface area (Å²) in [7, 11) is -7.83. The molecule has 0 aromatic carbocycles. The van der Waals surface area contributed by atoms with Crippen molar-refractivity contribution in [3.05, 3.63) is 23.2 Å². The minimum atomic E-state index is -4.26. The molecular weight excluding hydrogens is 401 g/mol. The third kappa shape index (κ3) is 7.75. The molecule has 0 radical (unpaired) electrons. The van der Waals surface area contributed by atoms with Crippen LogP contribution in [0.2, 0.25) is 0 Å². The van der Waals surface area contributed by atoms with E-state index in [9.17, 15) is 21.4 Å². The van der Waals surface area contributed by atoms with E-state index in [1.54, 1.807) is 4.57 Å². The molecule has 1 aliphatic rings. The summed E-state index contributed by atoms with van der Waals surface area (Å²) < 4.78 is 59.7. The predicted molar refractivity (Wildman–Crippen MR) is 98.8 cm³/mol. The molecule has 1 heterocycles. The van der Waals surface area contributed by atoms with Crippen LogP contribution in [0.4, 0.5) is 11.5 Å². The SMILES string of the molecule is [C-]#[N+]c1c(C2CCCCC2)cn(CCCCS(=O)(=O)[O-])c1NS(C)(=O)=O.[Na+]. The van der Waals surface area contributed by atoms with Crippen LogP contribution in [0.5, 0.6) is 0 Å². The van der Waals surface area contributed by atoms with Crippen LogP contribution in [0.3, 0.4) is 0 Å². The van der Waals surface area contributed by atoms with Crippen LogP contribution < -0.4 is 34.3 Å². The molecule has 0 saturated heterocycles. The van der Waals surface area contributed by atoms with Crippen LogP contribution in [-0.2, 0) is 26.7 Å². The Labute approximate surface area is 183 Å². The number of aromatic nitrogens is 1. The molecule has 146 valence electrons. The van der Waals surface area contributed by atoms with E-state index < -0.39 is 25.9 Å². The number of unbranched alkanes of at least 4 members (excludes halogenated alkanes) is 1. The van der Waals surface area contributed by atoms with Crippen molar-refractivity contribution in [1.29, 1.82) is 0 Å². The van der Waals surface area contributed by atoms with Crippen molar-refractivity contribution in [3.8, 4) is 0 Å². The molecule has 11 heteroatoms. The van der Waals surface area contributed by atoms with Crippen LogP contribution in [-0.4, -0.2) is 38.0 Å². The van der Waals surface area contributed by atoms with E-state index in [4.69, 9.17) is 6.57 Å². The van der Waals surface area contributed by atoms with Gasteiger partial charge in [-0.25, -0.2) is 21.7 Å². The summed E-state index contributed by atoms with van der Waals surface area (Å²) in [6, 6.07) is 0. The monoisotopic (exact) mass is 425 g/mol. The maximum Gasteiger partial charge on any atom is 1.00 e. The second kappa shape index (κ2) is 10.3. The van der Waals surface area contributed by atoms with Gasteiger partial charge in [0.2, 0.25) is 15.7 Å². The van der Waals surface area contributed by atoms with Crippen LogP contribution in [0.25, 0.3) is 4.85 Å². The number of nitrogens with zero attached hydrogens (tertiary/aromatic N) is 2. The molecule has 2 rings (SSSR count). The van der Waals surface area contributed by atoms with Crippen molar-refractivity contribution in [1.82, 2.24) is 4.57 Å². The van der Waals surface area contributed by atoms with E-state index in [1.165, 1.54) is 6.42 Å². The van der Waals surface area contributed by atoms with Gasteiger partial charge in [-0.1, -0.05) is 19.3 Å². The maximum absolute atomic E-state index is 11.7. The van der Waals surface area contributed by atoms with Crippen molar-refractivity contribution in [2.24, 2.45) is 0 Å². The van der Waals surface area contributed by atoms with Gasteiger partial charge < -0.3 is 9.12 Å². The van der Waals surface area contributed by atoms with Gasteiger partial charge in [-0.15, -0.1) is 0 Å². The molecule has 1 aliphatic carbocycles. The Morgan fingerprint density at radius 1 is 1.22 bits per heavy atom. The van der Waals surface area contributed by atoms with Gasteiger partial charge in [0.1, 0.15) is 5.82 Å². The largest absolute Gasteiger partial charge is 1.00 e. The molecule has 1 saturated carbocycles. The van der Waals surface area contributed by atoms with E-state index in [2.05, 4.69) is 9.57 Å². The minimum absolute atomic E-state index is 0. The second-order valence-electron chi connectivity index (χ2n) is 6.76. The summed E-state index contributed by atoms with van der Waals surface area (Å²) in [5, 5.41) is 0. The van der Waals surface area contributed by atoms with Gasteiger partial charge in [-0.3, -0.25) is 4.72 Å². The number of anilines is 1. The topological polar surface area (TPSA) is 113 Å². The Balaban J connectivity index is 0.00000364. The number of hydrogen-bond acceptors (Lipinski definition) is 5. The molecule has 1 aromatic heterocycles. The predicted octanol–water partition coefficient (Wildman–Crippen LogP) is -0.213. The number of nitrogens with one attached hydrogen (secondary N) is 1. The van der Waals surface area contributed by atoms with Crippen molar-refractivity contribution >= 4 is 31.6 Å². The Morgan fingerprint density at radius 2 is 1.85 bits per heavy atom. The van der Waals surface area contributed by atoms with E-state index in [-0.39, 0.29) is 47.7 Å². The number of aryl methyl sites for hydroxylation is 1. The van der Waals surface area contributed by atoms with Gasteiger partial charge in [0.05, 0.1) is 22.9 Å². The zero-order valence-electron chi connectivity index (χ0n) is 15.8. The Kier molecular flexibility index (Phi) is 9.31. The van der Waals surface area contributed by atoms with E-state index >= 15 is 0 Å². The van der Waals surface area contributed by atoms with Crippen molar-refractivity contribution in [2.45, 2.75) is 57.4 Å². The maximum atomic E-state index is 11.7. The average molecular weight is 426 g/mol. The van der Waals surface area contributed by atoms with Gasteiger partial charge >= 0.3 is 29.6 Å². The summed E-state index contributed by atoms with van der Waals surface area (Å²) >= 11 is 0. The molecule has 1 fully saturated rings. The van der Waals surface area contributed by atoms with E-state index in [0.29, 0.717) is 18.7 Å². The normalized spacial score (nSPS) is 15.7. The van der Waals surface area contributed by atoms with Gasteiger partial charge in [0.15, 0.2) is 0 Å². The first kappa shape index (κ1) is 24.5. The van der Waals surface area contributed by atoms with Crippen molar-refractivity contribution in [2.75, 3.05) is 16.7 Å². The van der Waals surface area contributed by atoms with Crippen molar-refractivity contribution < 1.29 is 50.9 Å². The molecule has 0 spiro atoms. The summed E-state index contributed by atoms with van der Waals surface area (Å²) in [6.45, 7) is 7.85. The quantitative estimate of drug-likeness (QED) is 0.268. The first-order valence-electron chi connectivity index (χ1n) is 8.62. The third-order valence-corrected chi connectivity index (χ3v) is 5.91. The zero-order valence-corrected chi connectivity index (χ0v) is 19.4. The van der Waals surface area contributed by atoms with Gasteiger partial charge in [-0.2, -0.15) is 0 Å². The Hall–Kier alpha value is -0.570. The first-order valence-corrected chi connectivity index (χ1v) is 12.1. The second-order valence-corrected chi connectivity index (χ2v) is 10.0. The summed E-state index contributed by atoms with van der Waals surface area (Å²) in [5.41, 5.74) is 1.17. The van der Waals surface area contributed by atoms with Gasteiger partial charge in [0, 0.05) is 12.3 Å². The van der Waals surface area contributed by atoms with Gasteiger partial charge in [-0.05, 0) is 43.4 Å². The third-order valence-electron chi connectivity index (χ3n) is 4.56. The number of rotatable bonds is 8. The standard InChI is InChI=1S/C16H25N3O5S2.Na/c1-17-15-14(13-8-4-3-5-9-13)12-19(16(15)18-25(2,20)21)10-6-7-11-26(22,23)24;/h12-13,18H,3-11H2,2H3,(H,22,23,24);/q;+1/p-1. The molecule has 27 heavy (non-hydrogen) atoms.